The summed E-state index contributed by atoms with van der Waals surface area (Å²) in [5.41, 5.74) is 0. The van der Waals surface area contributed by atoms with Crippen LogP contribution >= 0.6 is 11.9 Å². The maximum absolute atomic E-state index is 13.0. The average Bonchev–Trinajstić information content (AvgIpc) is 3.04. The topological polar surface area (TPSA) is 76.4 Å². The number of halogens is 1. The van der Waals surface area contributed by atoms with Crippen LogP contribution < -0.4 is 4.72 Å². The first kappa shape index (κ1) is 22.2. The fourth-order valence-corrected chi connectivity index (χ4v) is 4.07. The highest BCUT2D eigenvalue weighted by Gasteiger charge is 2.34. The van der Waals surface area contributed by atoms with Gasteiger partial charge in [-0.25, -0.2) is 9.11 Å². The van der Waals surface area contributed by atoms with E-state index < -0.39 is 12.1 Å². The summed E-state index contributed by atoms with van der Waals surface area (Å²) in [7, 11) is 1.60. The molecule has 8 heteroatoms. The highest BCUT2D eigenvalue weighted by Crippen LogP contribution is 2.23. The number of nitriles is 1. The number of likely N-dealkylation sites (N-methyl/N-ethyl adjacent to an activating group) is 1. The van der Waals surface area contributed by atoms with Crippen molar-refractivity contribution in [2.24, 2.45) is 11.8 Å². The van der Waals surface area contributed by atoms with Gasteiger partial charge in [-0.1, -0.05) is 20.8 Å². The first-order valence-electron chi connectivity index (χ1n) is 9.35. The molecule has 2 rings (SSSR count). The van der Waals surface area contributed by atoms with E-state index in [0.717, 1.165) is 4.90 Å². The van der Waals surface area contributed by atoms with E-state index in [0.29, 0.717) is 13.0 Å². The van der Waals surface area contributed by atoms with Crippen molar-refractivity contribution in [1.29, 1.82) is 5.26 Å². The third-order valence-electron chi connectivity index (χ3n) is 4.78. The maximum atomic E-state index is 13.0. The van der Waals surface area contributed by atoms with Crippen LogP contribution in [0.3, 0.4) is 0 Å². The number of amides is 2. The van der Waals surface area contributed by atoms with Gasteiger partial charge in [0, 0.05) is 18.5 Å². The standard InChI is InChI=1S/C20H27FN4O2S/c1-13(2)19(23-28-17-7-5-15(21)6-8-17)20(27)24(4)12-18(26)25-11-14(3)9-16(25)10-22/h5-8,13-14,16,19,23H,9,11-12H2,1-4H3. The van der Waals surface area contributed by atoms with Crippen LogP contribution in [0.5, 0.6) is 0 Å². The Morgan fingerprint density at radius 1 is 1.39 bits per heavy atom. The average molecular weight is 407 g/mol. The molecule has 0 bridgehead atoms. The van der Waals surface area contributed by atoms with Crippen molar-refractivity contribution in [1.82, 2.24) is 14.5 Å². The molecule has 1 heterocycles. The molecular weight excluding hydrogens is 379 g/mol. The van der Waals surface area contributed by atoms with E-state index in [-0.39, 0.29) is 36.0 Å². The number of nitrogens with zero attached hydrogens (tertiary/aromatic N) is 3. The minimum absolute atomic E-state index is 0.00309. The Kier molecular flexibility index (Phi) is 7.84. The van der Waals surface area contributed by atoms with E-state index in [1.165, 1.54) is 29.0 Å². The number of hydrogen-bond donors (Lipinski definition) is 1. The van der Waals surface area contributed by atoms with Gasteiger partial charge in [0.2, 0.25) is 11.8 Å². The summed E-state index contributed by atoms with van der Waals surface area (Å²) in [6, 6.07) is 7.25. The molecule has 0 saturated carbocycles. The molecule has 1 aromatic rings. The number of hydrogen-bond acceptors (Lipinski definition) is 5. The smallest absolute Gasteiger partial charge is 0.243 e. The van der Waals surface area contributed by atoms with E-state index in [4.69, 9.17) is 0 Å². The summed E-state index contributed by atoms with van der Waals surface area (Å²) in [6.07, 6.45) is 0.671. The summed E-state index contributed by atoms with van der Waals surface area (Å²) in [4.78, 5) is 29.2. The first-order chi connectivity index (χ1) is 13.2. The summed E-state index contributed by atoms with van der Waals surface area (Å²) in [5.74, 6) is -0.436. The van der Waals surface area contributed by atoms with Gasteiger partial charge in [-0.05, 0) is 54.5 Å². The molecule has 3 atom stereocenters. The van der Waals surface area contributed by atoms with Crippen LogP contribution in [0, 0.1) is 29.0 Å². The van der Waals surface area contributed by atoms with E-state index in [1.54, 1.807) is 24.1 Å². The van der Waals surface area contributed by atoms with Crippen molar-refractivity contribution < 1.29 is 14.0 Å². The minimum atomic E-state index is -0.503. The number of carbonyl (C=O) groups is 2. The Bertz CT molecular complexity index is 735. The lowest BCUT2D eigenvalue weighted by molar-refractivity contribution is -0.140. The Morgan fingerprint density at radius 2 is 2.04 bits per heavy atom. The normalized spacial score (nSPS) is 20.1. The monoisotopic (exact) mass is 406 g/mol. The Hall–Kier alpha value is -2.11. The molecule has 3 unspecified atom stereocenters. The van der Waals surface area contributed by atoms with Crippen LogP contribution in [-0.4, -0.2) is 53.8 Å². The molecule has 152 valence electrons. The highest BCUT2D eigenvalue weighted by molar-refractivity contribution is 7.97. The van der Waals surface area contributed by atoms with Gasteiger partial charge < -0.3 is 9.80 Å². The van der Waals surface area contributed by atoms with Crippen LogP contribution in [0.4, 0.5) is 4.39 Å². The molecule has 2 amide bonds. The molecule has 0 spiro atoms. The third kappa shape index (κ3) is 5.69. The summed E-state index contributed by atoms with van der Waals surface area (Å²) in [6.45, 7) is 6.34. The van der Waals surface area contributed by atoms with Gasteiger partial charge in [0.15, 0.2) is 0 Å². The lowest BCUT2D eigenvalue weighted by Crippen LogP contribution is -2.49. The van der Waals surface area contributed by atoms with Gasteiger partial charge in [-0.3, -0.25) is 9.59 Å². The molecule has 1 N–H and O–H groups in total. The van der Waals surface area contributed by atoms with Crippen molar-refractivity contribution in [3.63, 3.8) is 0 Å². The van der Waals surface area contributed by atoms with E-state index in [2.05, 4.69) is 10.8 Å². The second-order valence-corrected chi connectivity index (χ2v) is 8.53. The third-order valence-corrected chi connectivity index (χ3v) is 5.66. The van der Waals surface area contributed by atoms with Crippen molar-refractivity contribution in [3.05, 3.63) is 30.1 Å². The van der Waals surface area contributed by atoms with Gasteiger partial charge in [0.1, 0.15) is 11.9 Å². The van der Waals surface area contributed by atoms with Crippen LogP contribution in [0.2, 0.25) is 0 Å². The van der Waals surface area contributed by atoms with Gasteiger partial charge in [0.25, 0.3) is 0 Å². The van der Waals surface area contributed by atoms with Crippen LogP contribution in [-0.2, 0) is 9.59 Å². The molecule has 1 saturated heterocycles. The zero-order valence-electron chi connectivity index (χ0n) is 16.7. The fraction of sp³-hybridized carbons (Fsp3) is 0.550. The van der Waals surface area contributed by atoms with Crippen LogP contribution in [0.15, 0.2) is 29.2 Å². The van der Waals surface area contributed by atoms with Crippen molar-refractivity contribution in [3.8, 4) is 6.07 Å². The molecule has 1 aliphatic rings. The Balaban J connectivity index is 1.96. The van der Waals surface area contributed by atoms with Gasteiger partial charge in [-0.2, -0.15) is 5.26 Å². The van der Waals surface area contributed by atoms with Crippen LogP contribution in [0.1, 0.15) is 27.2 Å². The molecule has 1 fully saturated rings. The summed E-state index contributed by atoms with van der Waals surface area (Å²) in [5, 5.41) is 9.24. The SMILES string of the molecule is CC1CC(C#N)N(C(=O)CN(C)C(=O)C(NSc2ccc(F)cc2)C(C)C)C1. The molecular formula is C20H27FN4O2S. The Labute approximate surface area is 170 Å². The van der Waals surface area contributed by atoms with Crippen LogP contribution in [0.25, 0.3) is 0 Å². The van der Waals surface area contributed by atoms with Crippen molar-refractivity contribution in [2.75, 3.05) is 20.1 Å². The number of likely N-dealkylation sites (tertiary alicyclic amines) is 1. The molecule has 0 aromatic heterocycles. The minimum Gasteiger partial charge on any atom is -0.335 e. The fourth-order valence-electron chi connectivity index (χ4n) is 3.16. The van der Waals surface area contributed by atoms with Gasteiger partial charge >= 0.3 is 0 Å². The largest absolute Gasteiger partial charge is 0.335 e. The number of rotatable bonds is 7. The molecule has 6 nitrogen and oxygen atoms in total. The second-order valence-electron chi connectivity index (χ2n) is 7.62. The lowest BCUT2D eigenvalue weighted by Gasteiger charge is -2.28. The molecule has 0 aliphatic carbocycles. The van der Waals surface area contributed by atoms with E-state index in [1.807, 2.05) is 20.8 Å². The van der Waals surface area contributed by atoms with Gasteiger partial charge in [0.05, 0.1) is 18.7 Å². The predicted molar refractivity (Wildman–Crippen MR) is 107 cm³/mol. The zero-order chi connectivity index (χ0) is 20.8. The number of carbonyl (C=O) groups excluding carboxylic acids is 2. The van der Waals surface area contributed by atoms with E-state index >= 15 is 0 Å². The second kappa shape index (κ2) is 9.89. The van der Waals surface area contributed by atoms with Crippen molar-refractivity contribution >= 4 is 23.8 Å². The number of benzene rings is 1. The molecule has 1 aromatic carbocycles. The quantitative estimate of drug-likeness (QED) is 0.705. The summed E-state index contributed by atoms with van der Waals surface area (Å²) >= 11 is 1.26. The van der Waals surface area contributed by atoms with E-state index in [9.17, 15) is 19.2 Å². The zero-order valence-corrected chi connectivity index (χ0v) is 17.5. The molecule has 28 heavy (non-hydrogen) atoms. The predicted octanol–water partition coefficient (Wildman–Crippen LogP) is 2.67. The maximum Gasteiger partial charge on any atom is 0.243 e. The summed E-state index contributed by atoms with van der Waals surface area (Å²) < 4.78 is 16.2. The van der Waals surface area contributed by atoms with Gasteiger partial charge in [-0.15, -0.1) is 0 Å². The Morgan fingerprint density at radius 3 is 2.61 bits per heavy atom. The lowest BCUT2D eigenvalue weighted by atomic mass is 10.0. The molecule has 0 radical (unpaired) electrons. The molecule has 1 aliphatic heterocycles. The van der Waals surface area contributed by atoms with Crippen molar-refractivity contribution in [2.45, 2.75) is 44.2 Å². The highest BCUT2D eigenvalue weighted by atomic mass is 32.2. The number of nitrogens with one attached hydrogen (secondary N) is 1. The first-order valence-corrected chi connectivity index (χ1v) is 10.2.